The summed E-state index contributed by atoms with van der Waals surface area (Å²) in [4.78, 5) is 28.0. The summed E-state index contributed by atoms with van der Waals surface area (Å²) in [7, 11) is -2.24. The van der Waals surface area contributed by atoms with Crippen LogP contribution in [0.5, 0.6) is 0 Å². The van der Waals surface area contributed by atoms with Crippen molar-refractivity contribution in [2.24, 2.45) is 0 Å². The number of piperazine rings is 1. The summed E-state index contributed by atoms with van der Waals surface area (Å²) in [5, 5.41) is 2.81. The monoisotopic (exact) mass is 458 g/mol. The number of halogens is 1. The standard InChI is InChI=1S/C20H31FN4O5S/c1-15(2)23-31(28,29)16-5-6-18(21)17(13-16)20(27)25-10-8-24(9-11-25)14-19(26)22-7-4-12-30-3/h5-6,13,15,23H,4,7-12,14H2,1-3H3,(H,22,26). The van der Waals surface area contributed by atoms with E-state index in [0.29, 0.717) is 39.3 Å². The largest absolute Gasteiger partial charge is 0.385 e. The van der Waals surface area contributed by atoms with Crippen LogP contribution in [0, 0.1) is 5.82 Å². The van der Waals surface area contributed by atoms with Gasteiger partial charge < -0.3 is 15.0 Å². The highest BCUT2D eigenvalue weighted by molar-refractivity contribution is 7.89. The maximum Gasteiger partial charge on any atom is 0.256 e. The normalized spacial score (nSPS) is 15.3. The van der Waals surface area contributed by atoms with Crippen molar-refractivity contribution in [1.29, 1.82) is 0 Å². The number of nitrogens with one attached hydrogen (secondary N) is 2. The van der Waals surface area contributed by atoms with Crippen LogP contribution in [0.4, 0.5) is 4.39 Å². The number of sulfonamides is 1. The van der Waals surface area contributed by atoms with Crippen molar-refractivity contribution < 1.29 is 27.1 Å². The van der Waals surface area contributed by atoms with Crippen LogP contribution in [0.1, 0.15) is 30.6 Å². The summed E-state index contributed by atoms with van der Waals surface area (Å²) in [6.07, 6.45) is 0.734. The van der Waals surface area contributed by atoms with Crippen LogP contribution < -0.4 is 10.0 Å². The highest BCUT2D eigenvalue weighted by Crippen LogP contribution is 2.18. The molecule has 1 heterocycles. The maximum absolute atomic E-state index is 14.3. The molecule has 0 unspecified atom stereocenters. The molecule has 0 bridgehead atoms. The summed E-state index contributed by atoms with van der Waals surface area (Å²) in [6, 6.07) is 2.87. The van der Waals surface area contributed by atoms with Gasteiger partial charge in [0.25, 0.3) is 5.91 Å². The van der Waals surface area contributed by atoms with E-state index in [0.717, 1.165) is 24.6 Å². The van der Waals surface area contributed by atoms with E-state index in [1.54, 1.807) is 21.0 Å². The Balaban J connectivity index is 1.95. The highest BCUT2D eigenvalue weighted by atomic mass is 32.2. The van der Waals surface area contributed by atoms with Gasteiger partial charge >= 0.3 is 0 Å². The maximum atomic E-state index is 14.3. The number of carbonyl (C=O) groups excluding carboxylic acids is 2. The Bertz CT molecular complexity index is 870. The van der Waals surface area contributed by atoms with Gasteiger partial charge in [-0.15, -0.1) is 0 Å². The van der Waals surface area contributed by atoms with Crippen molar-refractivity contribution in [3.63, 3.8) is 0 Å². The van der Waals surface area contributed by atoms with Gasteiger partial charge in [-0.2, -0.15) is 0 Å². The van der Waals surface area contributed by atoms with Crippen molar-refractivity contribution in [3.05, 3.63) is 29.6 Å². The molecule has 0 radical (unpaired) electrons. The Morgan fingerprint density at radius 2 is 1.87 bits per heavy atom. The van der Waals surface area contributed by atoms with E-state index in [-0.39, 0.29) is 29.0 Å². The Hall–Kier alpha value is -2.08. The first-order valence-corrected chi connectivity index (χ1v) is 11.7. The third-order valence-corrected chi connectivity index (χ3v) is 6.40. The molecule has 0 saturated carbocycles. The molecule has 1 fully saturated rings. The van der Waals surface area contributed by atoms with Crippen LogP contribution in [-0.4, -0.2) is 89.1 Å². The third kappa shape index (κ3) is 7.53. The van der Waals surface area contributed by atoms with Gasteiger partial charge in [0.05, 0.1) is 17.0 Å². The molecule has 2 N–H and O–H groups in total. The Morgan fingerprint density at radius 3 is 2.48 bits per heavy atom. The van der Waals surface area contributed by atoms with E-state index >= 15 is 0 Å². The number of amides is 2. The molecule has 1 aromatic carbocycles. The van der Waals surface area contributed by atoms with Crippen molar-refractivity contribution in [2.45, 2.75) is 31.2 Å². The molecule has 0 aliphatic carbocycles. The fourth-order valence-electron chi connectivity index (χ4n) is 3.20. The Morgan fingerprint density at radius 1 is 1.19 bits per heavy atom. The second kappa shape index (κ2) is 11.5. The van der Waals surface area contributed by atoms with Crippen molar-refractivity contribution in [1.82, 2.24) is 19.8 Å². The van der Waals surface area contributed by atoms with E-state index in [4.69, 9.17) is 4.74 Å². The fraction of sp³-hybridized carbons (Fsp3) is 0.600. The summed E-state index contributed by atoms with van der Waals surface area (Å²) in [5.74, 6) is -1.44. The van der Waals surface area contributed by atoms with Crippen LogP contribution in [0.3, 0.4) is 0 Å². The van der Waals surface area contributed by atoms with Gasteiger partial charge in [-0.1, -0.05) is 0 Å². The van der Waals surface area contributed by atoms with Gasteiger partial charge in [0.1, 0.15) is 5.82 Å². The number of hydrogen-bond acceptors (Lipinski definition) is 6. The molecular weight excluding hydrogens is 427 g/mol. The first-order chi connectivity index (χ1) is 14.6. The fourth-order valence-corrected chi connectivity index (χ4v) is 4.47. The van der Waals surface area contributed by atoms with Crippen LogP contribution >= 0.6 is 0 Å². The lowest BCUT2D eigenvalue weighted by atomic mass is 10.1. The van der Waals surface area contributed by atoms with E-state index < -0.39 is 21.7 Å². The molecule has 1 saturated heterocycles. The summed E-state index contributed by atoms with van der Waals surface area (Å²) < 4.78 is 46.4. The first-order valence-electron chi connectivity index (χ1n) is 10.2. The minimum Gasteiger partial charge on any atom is -0.385 e. The van der Waals surface area contributed by atoms with Gasteiger partial charge in [-0.05, 0) is 38.5 Å². The van der Waals surface area contributed by atoms with E-state index in [1.807, 2.05) is 4.90 Å². The van der Waals surface area contributed by atoms with Crippen LogP contribution in [-0.2, 0) is 19.6 Å². The van der Waals surface area contributed by atoms with E-state index in [9.17, 15) is 22.4 Å². The molecule has 2 rings (SSSR count). The molecule has 0 spiro atoms. The zero-order valence-electron chi connectivity index (χ0n) is 18.2. The van der Waals surface area contributed by atoms with E-state index in [2.05, 4.69) is 10.0 Å². The second-order valence-electron chi connectivity index (χ2n) is 7.68. The Labute approximate surface area is 183 Å². The lowest BCUT2D eigenvalue weighted by Crippen LogP contribution is -2.51. The molecule has 31 heavy (non-hydrogen) atoms. The number of ether oxygens (including phenoxy) is 1. The Kier molecular flexibility index (Phi) is 9.35. The summed E-state index contributed by atoms with van der Waals surface area (Å²) in [5.41, 5.74) is -0.282. The molecule has 174 valence electrons. The molecule has 9 nitrogen and oxygen atoms in total. The molecule has 1 aliphatic heterocycles. The number of methoxy groups -OCH3 is 1. The zero-order chi connectivity index (χ0) is 23.0. The van der Waals surface area contributed by atoms with Gasteiger partial charge in [0, 0.05) is 52.5 Å². The van der Waals surface area contributed by atoms with Crippen LogP contribution in [0.15, 0.2) is 23.1 Å². The highest BCUT2D eigenvalue weighted by Gasteiger charge is 2.27. The molecule has 0 atom stereocenters. The smallest absolute Gasteiger partial charge is 0.256 e. The molecule has 11 heteroatoms. The van der Waals surface area contributed by atoms with Gasteiger partial charge in [0.15, 0.2) is 0 Å². The minimum atomic E-state index is -3.84. The van der Waals surface area contributed by atoms with Crippen LogP contribution in [0.25, 0.3) is 0 Å². The second-order valence-corrected chi connectivity index (χ2v) is 9.40. The lowest BCUT2D eigenvalue weighted by molar-refractivity contribution is -0.122. The number of hydrogen-bond donors (Lipinski definition) is 2. The lowest BCUT2D eigenvalue weighted by Gasteiger charge is -2.34. The average molecular weight is 459 g/mol. The van der Waals surface area contributed by atoms with Crippen molar-refractivity contribution >= 4 is 21.8 Å². The zero-order valence-corrected chi connectivity index (χ0v) is 19.0. The number of rotatable bonds is 10. The van der Waals surface area contributed by atoms with Crippen molar-refractivity contribution in [3.8, 4) is 0 Å². The average Bonchev–Trinajstić information content (AvgIpc) is 2.70. The van der Waals surface area contributed by atoms with Crippen LogP contribution in [0.2, 0.25) is 0 Å². The van der Waals surface area contributed by atoms with E-state index in [1.165, 1.54) is 4.90 Å². The summed E-state index contributed by atoms with van der Waals surface area (Å²) >= 11 is 0. The molecule has 0 aromatic heterocycles. The number of carbonyl (C=O) groups is 2. The van der Waals surface area contributed by atoms with Crippen molar-refractivity contribution in [2.75, 3.05) is 53.0 Å². The quantitative estimate of drug-likeness (QED) is 0.492. The molecule has 1 aliphatic rings. The SMILES string of the molecule is COCCCNC(=O)CN1CCN(C(=O)c2cc(S(=O)(=O)NC(C)C)ccc2F)CC1. The molecule has 1 aromatic rings. The van der Waals surface area contributed by atoms with Gasteiger partial charge in [-0.3, -0.25) is 14.5 Å². The van der Waals surface area contributed by atoms with Gasteiger partial charge in [-0.25, -0.2) is 17.5 Å². The first kappa shape index (κ1) is 25.2. The predicted octanol–water partition coefficient (Wildman–Crippen LogP) is 0.423. The topological polar surface area (TPSA) is 108 Å². The minimum absolute atomic E-state index is 0.0996. The molecule has 2 amide bonds. The number of benzene rings is 1. The number of nitrogens with zero attached hydrogens (tertiary/aromatic N) is 2. The third-order valence-electron chi connectivity index (χ3n) is 4.74. The summed E-state index contributed by atoms with van der Waals surface area (Å²) in [6.45, 7) is 6.24. The van der Waals surface area contributed by atoms with Gasteiger partial charge in [0.2, 0.25) is 15.9 Å². The molecular formula is C20H31FN4O5S. The predicted molar refractivity (Wildman–Crippen MR) is 114 cm³/mol.